The Morgan fingerprint density at radius 1 is 1.47 bits per heavy atom. The monoisotopic (exact) mass is 249 g/mol. The number of halogens is 1. The first-order chi connectivity index (χ1) is 8.10. The minimum absolute atomic E-state index is 0.000244. The Balaban J connectivity index is 2.20. The molecule has 0 spiro atoms. The van der Waals surface area contributed by atoms with Crippen LogP contribution in [0.15, 0.2) is 18.2 Å². The number of imidazole rings is 1. The molecular weight excluding hydrogens is 234 g/mol. The fourth-order valence-electron chi connectivity index (χ4n) is 2.74. The van der Waals surface area contributed by atoms with Crippen molar-refractivity contribution in [1.29, 1.82) is 0 Å². The summed E-state index contributed by atoms with van der Waals surface area (Å²) in [6.45, 7) is 3.29. The summed E-state index contributed by atoms with van der Waals surface area (Å²) in [4.78, 5) is 4.75. The molecule has 1 aromatic carbocycles. The van der Waals surface area contributed by atoms with E-state index in [-0.39, 0.29) is 5.54 Å². The molecule has 0 radical (unpaired) electrons. The van der Waals surface area contributed by atoms with E-state index < -0.39 is 0 Å². The van der Waals surface area contributed by atoms with Crippen LogP contribution in [-0.4, -0.2) is 16.1 Å². The van der Waals surface area contributed by atoms with Gasteiger partial charge in [-0.1, -0.05) is 11.6 Å². The van der Waals surface area contributed by atoms with Gasteiger partial charge in [0, 0.05) is 12.1 Å². The van der Waals surface area contributed by atoms with E-state index in [0.717, 1.165) is 34.8 Å². The van der Waals surface area contributed by atoms with Gasteiger partial charge in [-0.15, -0.1) is 0 Å². The Morgan fingerprint density at radius 2 is 2.29 bits per heavy atom. The normalized spacial score (nSPS) is 24.6. The van der Waals surface area contributed by atoms with Crippen LogP contribution in [0.4, 0.5) is 0 Å². The van der Waals surface area contributed by atoms with Gasteiger partial charge in [0.05, 0.1) is 16.6 Å². The van der Waals surface area contributed by atoms with Crippen molar-refractivity contribution >= 4 is 22.6 Å². The Labute approximate surface area is 106 Å². The molecule has 1 aromatic heterocycles. The molecule has 4 heteroatoms. The van der Waals surface area contributed by atoms with Gasteiger partial charge in [-0.3, -0.25) is 0 Å². The van der Waals surface area contributed by atoms with E-state index in [4.69, 9.17) is 16.6 Å². The second kappa shape index (κ2) is 3.72. The van der Waals surface area contributed by atoms with Crippen LogP contribution in [-0.2, 0) is 12.6 Å². The first-order valence-electron chi connectivity index (χ1n) is 5.98. The zero-order valence-corrected chi connectivity index (χ0v) is 10.9. The second-order valence-corrected chi connectivity index (χ2v) is 5.43. The van der Waals surface area contributed by atoms with E-state index in [1.807, 2.05) is 18.2 Å². The zero-order chi connectivity index (χ0) is 12.0. The molecular formula is C13H16ClN3. The Bertz CT molecular complexity index is 567. The molecule has 0 amide bonds. The van der Waals surface area contributed by atoms with E-state index in [1.165, 1.54) is 6.42 Å². The fourth-order valence-corrected chi connectivity index (χ4v) is 2.91. The van der Waals surface area contributed by atoms with Gasteiger partial charge in [0.1, 0.15) is 5.82 Å². The maximum atomic E-state index is 6.04. The van der Waals surface area contributed by atoms with Crippen LogP contribution in [0.25, 0.3) is 11.0 Å². The van der Waals surface area contributed by atoms with Gasteiger partial charge in [-0.05, 0) is 44.5 Å². The van der Waals surface area contributed by atoms with Gasteiger partial charge in [-0.25, -0.2) is 4.98 Å². The molecule has 17 heavy (non-hydrogen) atoms. The molecule has 0 bridgehead atoms. The standard InChI is InChI=1S/C13H16ClN3/c1-13(6-3-7-15-13)12-16-10-5-4-9(14)8-11(10)17(12)2/h4-5,8,15H,3,6-7H2,1-2H3. The molecule has 1 aliphatic heterocycles. The first-order valence-corrected chi connectivity index (χ1v) is 6.35. The quantitative estimate of drug-likeness (QED) is 0.842. The van der Waals surface area contributed by atoms with E-state index in [0.29, 0.717) is 0 Å². The third-order valence-electron chi connectivity index (χ3n) is 3.71. The molecule has 1 aliphatic rings. The number of aryl methyl sites for hydroxylation is 1. The molecule has 1 fully saturated rings. The number of hydrogen-bond acceptors (Lipinski definition) is 2. The Hall–Kier alpha value is -1.06. The van der Waals surface area contributed by atoms with Crippen molar-refractivity contribution in [1.82, 2.24) is 14.9 Å². The summed E-state index contributed by atoms with van der Waals surface area (Å²) < 4.78 is 2.15. The van der Waals surface area contributed by atoms with Gasteiger partial charge in [-0.2, -0.15) is 0 Å². The third-order valence-corrected chi connectivity index (χ3v) is 3.94. The summed E-state index contributed by atoms with van der Waals surface area (Å²) >= 11 is 6.04. The first kappa shape index (κ1) is 11.1. The predicted octanol–water partition coefficient (Wildman–Crippen LogP) is 2.83. The average molecular weight is 250 g/mol. The summed E-state index contributed by atoms with van der Waals surface area (Å²) in [5, 5.41) is 4.31. The van der Waals surface area contributed by atoms with Crippen LogP contribution in [0.5, 0.6) is 0 Å². The largest absolute Gasteiger partial charge is 0.330 e. The van der Waals surface area contributed by atoms with E-state index in [2.05, 4.69) is 23.9 Å². The van der Waals surface area contributed by atoms with Crippen molar-refractivity contribution in [3.63, 3.8) is 0 Å². The highest BCUT2D eigenvalue weighted by atomic mass is 35.5. The van der Waals surface area contributed by atoms with Crippen molar-refractivity contribution in [3.05, 3.63) is 29.0 Å². The topological polar surface area (TPSA) is 29.9 Å². The lowest BCUT2D eigenvalue weighted by Gasteiger charge is -2.23. The maximum absolute atomic E-state index is 6.04. The van der Waals surface area contributed by atoms with Crippen molar-refractivity contribution in [3.8, 4) is 0 Å². The molecule has 2 heterocycles. The Morgan fingerprint density at radius 3 is 3.00 bits per heavy atom. The molecule has 1 N–H and O–H groups in total. The van der Waals surface area contributed by atoms with Crippen LogP contribution in [0.3, 0.4) is 0 Å². The lowest BCUT2D eigenvalue weighted by molar-refractivity contribution is 0.397. The van der Waals surface area contributed by atoms with Crippen LogP contribution in [0, 0.1) is 0 Å². The number of benzene rings is 1. The van der Waals surface area contributed by atoms with Crippen molar-refractivity contribution in [2.75, 3.05) is 6.54 Å². The molecule has 1 unspecified atom stereocenters. The number of fused-ring (bicyclic) bond motifs is 1. The maximum Gasteiger partial charge on any atom is 0.129 e. The minimum Gasteiger partial charge on any atom is -0.330 e. The predicted molar refractivity (Wildman–Crippen MR) is 70.3 cm³/mol. The van der Waals surface area contributed by atoms with Crippen molar-refractivity contribution in [2.45, 2.75) is 25.3 Å². The molecule has 0 aliphatic carbocycles. The van der Waals surface area contributed by atoms with Crippen LogP contribution in [0.1, 0.15) is 25.6 Å². The summed E-state index contributed by atoms with van der Waals surface area (Å²) in [6.07, 6.45) is 2.35. The summed E-state index contributed by atoms with van der Waals surface area (Å²) in [6, 6.07) is 5.86. The lowest BCUT2D eigenvalue weighted by Crippen LogP contribution is -2.35. The van der Waals surface area contributed by atoms with Gasteiger partial charge in [0.15, 0.2) is 0 Å². The third kappa shape index (κ3) is 1.65. The van der Waals surface area contributed by atoms with Gasteiger partial charge in [0.25, 0.3) is 0 Å². The van der Waals surface area contributed by atoms with E-state index in [1.54, 1.807) is 0 Å². The van der Waals surface area contributed by atoms with Crippen LogP contribution < -0.4 is 5.32 Å². The molecule has 0 saturated carbocycles. The smallest absolute Gasteiger partial charge is 0.129 e. The number of aromatic nitrogens is 2. The molecule has 90 valence electrons. The second-order valence-electron chi connectivity index (χ2n) is 4.99. The fraction of sp³-hybridized carbons (Fsp3) is 0.462. The number of hydrogen-bond donors (Lipinski definition) is 1. The van der Waals surface area contributed by atoms with Crippen molar-refractivity contribution < 1.29 is 0 Å². The molecule has 3 rings (SSSR count). The SMILES string of the molecule is Cn1c(C2(C)CCCN2)nc2ccc(Cl)cc21. The minimum atomic E-state index is 0.000244. The zero-order valence-electron chi connectivity index (χ0n) is 10.1. The van der Waals surface area contributed by atoms with E-state index >= 15 is 0 Å². The number of nitrogens with zero attached hydrogens (tertiary/aromatic N) is 2. The number of nitrogens with one attached hydrogen (secondary N) is 1. The Kier molecular flexibility index (Phi) is 2.42. The van der Waals surface area contributed by atoms with Crippen LogP contribution in [0.2, 0.25) is 5.02 Å². The molecule has 1 atom stereocenters. The van der Waals surface area contributed by atoms with Crippen molar-refractivity contribution in [2.24, 2.45) is 7.05 Å². The van der Waals surface area contributed by atoms with Crippen LogP contribution >= 0.6 is 11.6 Å². The van der Waals surface area contributed by atoms with E-state index in [9.17, 15) is 0 Å². The van der Waals surface area contributed by atoms with Gasteiger partial charge in [0.2, 0.25) is 0 Å². The average Bonchev–Trinajstić information content (AvgIpc) is 2.86. The summed E-state index contributed by atoms with van der Waals surface area (Å²) in [5.41, 5.74) is 2.12. The summed E-state index contributed by atoms with van der Waals surface area (Å²) in [5.74, 6) is 1.10. The highest BCUT2D eigenvalue weighted by Gasteiger charge is 2.34. The highest BCUT2D eigenvalue weighted by molar-refractivity contribution is 6.31. The van der Waals surface area contributed by atoms with Gasteiger partial charge < -0.3 is 9.88 Å². The molecule has 3 nitrogen and oxygen atoms in total. The van der Waals surface area contributed by atoms with Gasteiger partial charge >= 0.3 is 0 Å². The summed E-state index contributed by atoms with van der Waals surface area (Å²) in [7, 11) is 2.06. The molecule has 2 aromatic rings. The lowest BCUT2D eigenvalue weighted by atomic mass is 9.99. The number of rotatable bonds is 1. The molecule has 1 saturated heterocycles. The highest BCUT2D eigenvalue weighted by Crippen LogP contribution is 2.32.